The summed E-state index contributed by atoms with van der Waals surface area (Å²) < 4.78 is 4.85. The van der Waals surface area contributed by atoms with Crippen LogP contribution in [0.15, 0.2) is 24.3 Å². The molecule has 0 saturated heterocycles. The molecule has 0 bridgehead atoms. The summed E-state index contributed by atoms with van der Waals surface area (Å²) in [5, 5.41) is 12.1. The van der Waals surface area contributed by atoms with E-state index in [2.05, 4.69) is 12.2 Å². The summed E-state index contributed by atoms with van der Waals surface area (Å²) in [6, 6.07) is 0. The minimum atomic E-state index is -0.791. The molecule has 0 aliphatic carbocycles. The van der Waals surface area contributed by atoms with E-state index < -0.39 is 6.23 Å². The first kappa shape index (κ1) is 15.9. The van der Waals surface area contributed by atoms with Crippen molar-refractivity contribution in [2.45, 2.75) is 39.3 Å². The van der Waals surface area contributed by atoms with Crippen LogP contribution in [0.4, 0.5) is 0 Å². The molecule has 0 fully saturated rings. The van der Waals surface area contributed by atoms with Crippen molar-refractivity contribution >= 4 is 5.97 Å². The highest BCUT2D eigenvalue weighted by molar-refractivity contribution is 5.71. The Labute approximate surface area is 103 Å². The third-order valence-electron chi connectivity index (χ3n) is 2.07. The number of carbonyl (C=O) groups excluding carboxylic acids is 1. The third kappa shape index (κ3) is 11.1. The van der Waals surface area contributed by atoms with Crippen LogP contribution in [0.1, 0.15) is 33.1 Å². The second-order valence-electron chi connectivity index (χ2n) is 3.65. The largest absolute Gasteiger partial charge is 0.461 e. The lowest BCUT2D eigenvalue weighted by atomic mass is 10.2. The Hall–Kier alpha value is -1.13. The number of hydrogen-bond donors (Lipinski definition) is 2. The molecule has 4 nitrogen and oxygen atoms in total. The second-order valence-corrected chi connectivity index (χ2v) is 3.65. The maximum Gasteiger partial charge on any atom is 0.320 e. The number of hydrogen-bond acceptors (Lipinski definition) is 4. The minimum absolute atomic E-state index is 0.0108. The molecule has 2 N–H and O–H groups in total. The molecular weight excluding hydrogens is 218 g/mol. The molecule has 0 spiro atoms. The molecular formula is C13H23NO3. The molecule has 0 aromatic rings. The lowest BCUT2D eigenvalue weighted by molar-refractivity contribution is -0.141. The van der Waals surface area contributed by atoms with Crippen molar-refractivity contribution in [3.63, 3.8) is 0 Å². The Kier molecular flexibility index (Phi) is 10.6. The molecule has 0 heterocycles. The molecule has 98 valence electrons. The molecule has 0 radical (unpaired) electrons. The van der Waals surface area contributed by atoms with Gasteiger partial charge in [0.25, 0.3) is 0 Å². The maximum atomic E-state index is 11.1. The summed E-state index contributed by atoms with van der Waals surface area (Å²) in [6.45, 7) is 4.26. The first-order valence-corrected chi connectivity index (χ1v) is 6.05. The van der Waals surface area contributed by atoms with Crippen molar-refractivity contribution in [1.29, 1.82) is 0 Å². The monoisotopic (exact) mass is 241 g/mol. The third-order valence-corrected chi connectivity index (χ3v) is 2.07. The number of allylic oxidation sites excluding steroid dienone is 2. The van der Waals surface area contributed by atoms with Gasteiger partial charge in [0.15, 0.2) is 0 Å². The molecule has 0 aromatic carbocycles. The Morgan fingerprint density at radius 1 is 1.47 bits per heavy atom. The average molecular weight is 241 g/mol. The van der Waals surface area contributed by atoms with Crippen LogP contribution in [-0.2, 0) is 9.53 Å². The molecule has 0 saturated carbocycles. The zero-order chi connectivity index (χ0) is 12.9. The van der Waals surface area contributed by atoms with E-state index in [4.69, 9.17) is 4.74 Å². The van der Waals surface area contributed by atoms with Crippen molar-refractivity contribution in [3.05, 3.63) is 24.3 Å². The van der Waals surface area contributed by atoms with Crippen LogP contribution in [0, 0.1) is 0 Å². The van der Waals surface area contributed by atoms with Crippen LogP contribution in [0.3, 0.4) is 0 Å². The summed E-state index contributed by atoms with van der Waals surface area (Å²) in [6.07, 6.45) is 9.51. The van der Waals surface area contributed by atoms with E-state index in [1.165, 1.54) is 0 Å². The van der Waals surface area contributed by atoms with Crippen molar-refractivity contribution in [2.75, 3.05) is 13.2 Å². The van der Waals surface area contributed by atoms with Crippen LogP contribution in [0.2, 0.25) is 0 Å². The molecule has 0 aromatic heterocycles. The molecule has 4 heteroatoms. The SMILES string of the molecule is C/C=C\COC(=O)CNC(O)/C=C/CCCC. The number of esters is 1. The number of ether oxygens (including phenoxy) is 1. The lowest BCUT2D eigenvalue weighted by Gasteiger charge is -2.07. The summed E-state index contributed by atoms with van der Waals surface area (Å²) in [5.41, 5.74) is 0. The fourth-order valence-electron chi connectivity index (χ4n) is 1.09. The number of aliphatic hydroxyl groups excluding tert-OH is 1. The van der Waals surface area contributed by atoms with E-state index >= 15 is 0 Å². The predicted molar refractivity (Wildman–Crippen MR) is 68.4 cm³/mol. The highest BCUT2D eigenvalue weighted by Gasteiger charge is 2.03. The molecule has 0 rings (SSSR count). The number of nitrogens with one attached hydrogen (secondary N) is 1. The zero-order valence-electron chi connectivity index (χ0n) is 10.7. The van der Waals surface area contributed by atoms with E-state index in [0.717, 1.165) is 19.3 Å². The maximum absolute atomic E-state index is 11.1. The second kappa shape index (κ2) is 11.4. The van der Waals surface area contributed by atoms with Crippen molar-refractivity contribution in [1.82, 2.24) is 5.32 Å². The molecule has 0 aliphatic rings. The first-order valence-electron chi connectivity index (χ1n) is 6.05. The fourth-order valence-corrected chi connectivity index (χ4v) is 1.09. The van der Waals surface area contributed by atoms with Crippen molar-refractivity contribution in [2.24, 2.45) is 0 Å². The minimum Gasteiger partial charge on any atom is -0.461 e. The number of unbranched alkanes of at least 4 members (excludes halogenated alkanes) is 2. The van der Waals surface area contributed by atoms with Gasteiger partial charge in [-0.15, -0.1) is 0 Å². The molecule has 0 aliphatic heterocycles. The van der Waals surface area contributed by atoms with Gasteiger partial charge in [-0.05, 0) is 19.4 Å². The molecule has 1 unspecified atom stereocenters. The Balaban J connectivity index is 3.57. The first-order chi connectivity index (χ1) is 8.20. The lowest BCUT2D eigenvalue weighted by Crippen LogP contribution is -2.32. The van der Waals surface area contributed by atoms with Gasteiger partial charge in [0, 0.05) is 0 Å². The van der Waals surface area contributed by atoms with Crippen LogP contribution in [-0.4, -0.2) is 30.5 Å². The summed E-state index contributed by atoms with van der Waals surface area (Å²) in [5.74, 6) is -0.371. The number of aliphatic hydroxyl groups is 1. The van der Waals surface area contributed by atoms with E-state index in [1.54, 1.807) is 12.2 Å². The van der Waals surface area contributed by atoms with Gasteiger partial charge in [-0.2, -0.15) is 0 Å². The quantitative estimate of drug-likeness (QED) is 0.279. The van der Waals surface area contributed by atoms with Crippen LogP contribution >= 0.6 is 0 Å². The predicted octanol–water partition coefficient (Wildman–Crippen LogP) is 1.76. The Bertz CT molecular complexity index is 249. The van der Waals surface area contributed by atoms with E-state index in [0.29, 0.717) is 0 Å². The molecule has 1 atom stereocenters. The van der Waals surface area contributed by atoms with Crippen LogP contribution < -0.4 is 5.32 Å². The van der Waals surface area contributed by atoms with E-state index in [1.807, 2.05) is 19.1 Å². The van der Waals surface area contributed by atoms with Crippen LogP contribution in [0.25, 0.3) is 0 Å². The zero-order valence-corrected chi connectivity index (χ0v) is 10.7. The van der Waals surface area contributed by atoms with Crippen LogP contribution in [0.5, 0.6) is 0 Å². The van der Waals surface area contributed by atoms with Gasteiger partial charge >= 0.3 is 5.97 Å². The highest BCUT2D eigenvalue weighted by atomic mass is 16.5. The fraction of sp³-hybridized carbons (Fsp3) is 0.615. The highest BCUT2D eigenvalue weighted by Crippen LogP contribution is 1.95. The topological polar surface area (TPSA) is 58.6 Å². The smallest absolute Gasteiger partial charge is 0.320 e. The average Bonchev–Trinajstić information content (AvgIpc) is 2.32. The standard InChI is InChI=1S/C13H23NO3/c1-3-5-7-8-9-12(15)14-11-13(16)17-10-6-4-2/h4,6,8-9,12,14-15H,3,5,7,10-11H2,1-2H3/b6-4-,9-8+. The van der Waals surface area contributed by atoms with Gasteiger partial charge in [-0.3, -0.25) is 10.1 Å². The summed E-state index contributed by atoms with van der Waals surface area (Å²) in [4.78, 5) is 11.1. The number of carbonyl (C=O) groups is 1. The van der Waals surface area contributed by atoms with Crippen molar-refractivity contribution < 1.29 is 14.6 Å². The number of rotatable bonds is 9. The summed E-state index contributed by atoms with van der Waals surface area (Å²) in [7, 11) is 0. The van der Waals surface area contributed by atoms with Gasteiger partial charge in [0.1, 0.15) is 12.8 Å². The Morgan fingerprint density at radius 2 is 2.24 bits per heavy atom. The molecule has 0 amide bonds. The van der Waals surface area contributed by atoms with Gasteiger partial charge < -0.3 is 9.84 Å². The molecule has 17 heavy (non-hydrogen) atoms. The van der Waals surface area contributed by atoms with Gasteiger partial charge in [0.2, 0.25) is 0 Å². The Morgan fingerprint density at radius 3 is 2.88 bits per heavy atom. The van der Waals surface area contributed by atoms with E-state index in [-0.39, 0.29) is 19.1 Å². The van der Waals surface area contributed by atoms with Gasteiger partial charge in [0.05, 0.1) is 6.54 Å². The van der Waals surface area contributed by atoms with Gasteiger partial charge in [-0.1, -0.05) is 38.0 Å². The van der Waals surface area contributed by atoms with Gasteiger partial charge in [-0.25, -0.2) is 0 Å². The normalized spacial score (nSPS) is 13.4. The van der Waals surface area contributed by atoms with E-state index in [9.17, 15) is 9.90 Å². The summed E-state index contributed by atoms with van der Waals surface area (Å²) >= 11 is 0. The van der Waals surface area contributed by atoms with Crippen molar-refractivity contribution in [3.8, 4) is 0 Å².